The van der Waals surface area contributed by atoms with Crippen molar-refractivity contribution in [3.8, 4) is 5.75 Å². The fourth-order valence-corrected chi connectivity index (χ4v) is 2.28. The van der Waals surface area contributed by atoms with E-state index in [1.807, 2.05) is 0 Å². The van der Waals surface area contributed by atoms with Gasteiger partial charge in [-0.15, -0.1) is 0 Å². The molecule has 10 heteroatoms. The Morgan fingerprint density at radius 2 is 1.92 bits per heavy atom. The van der Waals surface area contributed by atoms with Crippen molar-refractivity contribution >= 4 is 23.3 Å². The van der Waals surface area contributed by atoms with Crippen LogP contribution in [0.15, 0.2) is 24.3 Å². The number of nitro groups is 1. The monoisotopic (exact) mass is 362 g/mol. The molecule has 0 bridgehead atoms. The van der Waals surface area contributed by atoms with E-state index >= 15 is 0 Å². The first-order chi connectivity index (χ1) is 12.3. The third-order valence-corrected chi connectivity index (χ3v) is 3.54. The second-order valence-corrected chi connectivity index (χ2v) is 5.37. The lowest BCUT2D eigenvalue weighted by molar-refractivity contribution is -0.386. The number of nitrogens with one attached hydrogen (secondary N) is 1. The molecule has 0 saturated heterocycles. The van der Waals surface area contributed by atoms with Crippen LogP contribution in [0.5, 0.6) is 5.75 Å². The molecule has 1 amide bonds. The lowest BCUT2D eigenvalue weighted by Crippen LogP contribution is -2.20. The molecule has 0 radical (unpaired) electrons. The van der Waals surface area contributed by atoms with E-state index in [0.29, 0.717) is 17.1 Å². The van der Waals surface area contributed by atoms with Gasteiger partial charge in [0.25, 0.3) is 0 Å². The number of ether oxygens (including phenoxy) is 2. The van der Waals surface area contributed by atoms with Crippen molar-refractivity contribution in [2.24, 2.45) is 0 Å². The number of aryl methyl sites for hydroxylation is 1. The van der Waals surface area contributed by atoms with Crippen molar-refractivity contribution in [2.45, 2.75) is 20.4 Å². The number of carbonyl (C=O) groups is 2. The molecule has 0 atom stereocenters. The van der Waals surface area contributed by atoms with Crippen LogP contribution in [-0.4, -0.2) is 40.3 Å². The Hall–Kier alpha value is -3.43. The van der Waals surface area contributed by atoms with Gasteiger partial charge in [0, 0.05) is 5.69 Å². The molecule has 2 rings (SSSR count). The Labute approximate surface area is 148 Å². The van der Waals surface area contributed by atoms with E-state index in [-0.39, 0.29) is 30.4 Å². The van der Waals surface area contributed by atoms with Gasteiger partial charge in [0.15, 0.2) is 6.61 Å². The smallest absolute Gasteiger partial charge is 0.343 e. The number of rotatable bonds is 7. The number of benzene rings is 1. The van der Waals surface area contributed by atoms with Crippen LogP contribution < -0.4 is 10.1 Å². The van der Waals surface area contributed by atoms with Crippen LogP contribution in [0.3, 0.4) is 0 Å². The summed E-state index contributed by atoms with van der Waals surface area (Å²) in [6, 6.07) is 6.39. The molecular weight excluding hydrogens is 344 g/mol. The van der Waals surface area contributed by atoms with E-state index in [4.69, 9.17) is 4.74 Å². The Kier molecular flexibility index (Phi) is 5.89. The second-order valence-electron chi connectivity index (χ2n) is 5.37. The van der Waals surface area contributed by atoms with Gasteiger partial charge in [0.05, 0.1) is 12.0 Å². The summed E-state index contributed by atoms with van der Waals surface area (Å²) in [6.07, 6.45) is 0. The molecule has 0 aliphatic rings. The number of methoxy groups -OCH3 is 1. The third kappa shape index (κ3) is 4.56. The zero-order valence-electron chi connectivity index (χ0n) is 14.5. The first-order valence-corrected chi connectivity index (χ1v) is 7.59. The van der Waals surface area contributed by atoms with Crippen LogP contribution in [0.1, 0.15) is 11.4 Å². The number of hydrogen-bond acceptors (Lipinski definition) is 7. The summed E-state index contributed by atoms with van der Waals surface area (Å²) >= 11 is 0. The number of anilines is 1. The molecule has 0 fully saturated rings. The quantitative estimate of drug-likeness (QED) is 0.450. The third-order valence-electron chi connectivity index (χ3n) is 3.54. The summed E-state index contributed by atoms with van der Waals surface area (Å²) in [4.78, 5) is 33.6. The van der Waals surface area contributed by atoms with E-state index in [1.54, 1.807) is 31.2 Å². The van der Waals surface area contributed by atoms with Gasteiger partial charge in [-0.3, -0.25) is 19.6 Å². The SMILES string of the molecule is COC(=O)COc1ccc(NC(=O)Cn2nc(C)c([N+](=O)[O-])c2C)cc1. The highest BCUT2D eigenvalue weighted by molar-refractivity contribution is 5.90. The molecule has 1 heterocycles. The molecule has 1 N–H and O–H groups in total. The standard InChI is InChI=1S/C16H18N4O6/c1-10-16(20(23)24)11(2)19(18-10)8-14(21)17-12-4-6-13(7-5-12)26-9-15(22)25-3/h4-7H,8-9H2,1-3H3,(H,17,21). The molecule has 138 valence electrons. The van der Waals surface area contributed by atoms with E-state index in [2.05, 4.69) is 15.2 Å². The van der Waals surface area contributed by atoms with Crippen molar-refractivity contribution in [1.29, 1.82) is 0 Å². The maximum Gasteiger partial charge on any atom is 0.343 e. The molecule has 0 spiro atoms. The summed E-state index contributed by atoms with van der Waals surface area (Å²) < 4.78 is 11.0. The first kappa shape index (κ1) is 18.9. The number of nitrogens with zero attached hydrogens (tertiary/aromatic N) is 3. The minimum atomic E-state index is -0.515. The predicted octanol–water partition coefficient (Wildman–Crippen LogP) is 1.60. The van der Waals surface area contributed by atoms with Crippen LogP contribution in [0, 0.1) is 24.0 Å². The zero-order chi connectivity index (χ0) is 19.3. The van der Waals surface area contributed by atoms with Gasteiger partial charge in [0.1, 0.15) is 23.7 Å². The van der Waals surface area contributed by atoms with Gasteiger partial charge >= 0.3 is 11.7 Å². The van der Waals surface area contributed by atoms with Gasteiger partial charge in [0.2, 0.25) is 5.91 Å². The number of hydrogen-bond donors (Lipinski definition) is 1. The Morgan fingerprint density at radius 1 is 1.27 bits per heavy atom. The lowest BCUT2D eigenvalue weighted by Gasteiger charge is -2.08. The highest BCUT2D eigenvalue weighted by atomic mass is 16.6. The van der Waals surface area contributed by atoms with E-state index in [0.717, 1.165) is 0 Å². The summed E-state index contributed by atoms with van der Waals surface area (Å²) in [5.41, 5.74) is 0.989. The van der Waals surface area contributed by atoms with Gasteiger partial charge in [-0.05, 0) is 38.1 Å². The summed E-state index contributed by atoms with van der Waals surface area (Å²) in [5.74, 6) is -0.433. The summed E-state index contributed by atoms with van der Waals surface area (Å²) in [7, 11) is 1.27. The molecule has 10 nitrogen and oxygen atoms in total. The molecule has 2 aromatic rings. The molecule has 1 aromatic heterocycles. The van der Waals surface area contributed by atoms with Crippen LogP contribution >= 0.6 is 0 Å². The summed E-state index contributed by atoms with van der Waals surface area (Å²) in [5, 5.41) is 17.7. The molecular formula is C16H18N4O6. The van der Waals surface area contributed by atoms with Gasteiger partial charge in [-0.1, -0.05) is 0 Å². The molecule has 1 aromatic carbocycles. The fraction of sp³-hybridized carbons (Fsp3) is 0.312. The minimum Gasteiger partial charge on any atom is -0.482 e. The molecule has 0 aliphatic heterocycles. The number of amides is 1. The summed E-state index contributed by atoms with van der Waals surface area (Å²) in [6.45, 7) is 2.70. The highest BCUT2D eigenvalue weighted by Gasteiger charge is 2.22. The topological polar surface area (TPSA) is 126 Å². The second kappa shape index (κ2) is 8.10. The van der Waals surface area contributed by atoms with E-state index in [1.165, 1.54) is 18.7 Å². The van der Waals surface area contributed by atoms with Gasteiger partial charge in [-0.25, -0.2) is 4.79 Å². The van der Waals surface area contributed by atoms with Crippen molar-refractivity contribution in [1.82, 2.24) is 9.78 Å². The number of carbonyl (C=O) groups excluding carboxylic acids is 2. The normalized spacial score (nSPS) is 10.3. The largest absolute Gasteiger partial charge is 0.482 e. The van der Waals surface area contributed by atoms with Crippen LogP contribution in [-0.2, 0) is 20.9 Å². The predicted molar refractivity (Wildman–Crippen MR) is 90.9 cm³/mol. The number of aromatic nitrogens is 2. The molecule has 0 aliphatic carbocycles. The fourth-order valence-electron chi connectivity index (χ4n) is 2.28. The lowest BCUT2D eigenvalue weighted by atomic mass is 10.3. The van der Waals surface area contributed by atoms with E-state index < -0.39 is 10.9 Å². The van der Waals surface area contributed by atoms with Crippen molar-refractivity contribution in [3.05, 3.63) is 45.8 Å². The Morgan fingerprint density at radius 3 is 2.46 bits per heavy atom. The van der Waals surface area contributed by atoms with Crippen molar-refractivity contribution < 1.29 is 24.0 Å². The van der Waals surface area contributed by atoms with Gasteiger partial charge < -0.3 is 14.8 Å². The Balaban J connectivity index is 1.97. The number of esters is 1. The maximum atomic E-state index is 12.1. The van der Waals surface area contributed by atoms with Gasteiger partial charge in [-0.2, -0.15) is 5.10 Å². The van der Waals surface area contributed by atoms with Crippen LogP contribution in [0.25, 0.3) is 0 Å². The van der Waals surface area contributed by atoms with Crippen molar-refractivity contribution in [3.63, 3.8) is 0 Å². The average molecular weight is 362 g/mol. The molecule has 0 saturated carbocycles. The highest BCUT2D eigenvalue weighted by Crippen LogP contribution is 2.22. The Bertz CT molecular complexity index is 828. The molecule has 0 unspecified atom stereocenters. The van der Waals surface area contributed by atoms with Crippen LogP contribution in [0.2, 0.25) is 0 Å². The van der Waals surface area contributed by atoms with E-state index in [9.17, 15) is 19.7 Å². The molecule has 26 heavy (non-hydrogen) atoms. The van der Waals surface area contributed by atoms with Crippen LogP contribution in [0.4, 0.5) is 11.4 Å². The zero-order valence-corrected chi connectivity index (χ0v) is 14.5. The average Bonchev–Trinajstić information content (AvgIpc) is 2.87. The minimum absolute atomic E-state index is 0.0927. The maximum absolute atomic E-state index is 12.1. The van der Waals surface area contributed by atoms with Crippen molar-refractivity contribution in [2.75, 3.05) is 19.0 Å². The first-order valence-electron chi connectivity index (χ1n) is 7.59.